The van der Waals surface area contributed by atoms with Gasteiger partial charge in [0.15, 0.2) is 0 Å². The zero-order valence-corrected chi connectivity index (χ0v) is 13.4. The number of amides is 1. The number of nitrogens with two attached hydrogens (primary N) is 1. The molecule has 2 unspecified atom stereocenters. The maximum absolute atomic E-state index is 12.0. The van der Waals surface area contributed by atoms with Crippen molar-refractivity contribution in [2.24, 2.45) is 5.84 Å². The third kappa shape index (κ3) is 5.63. The monoisotopic (exact) mass is 310 g/mol. The Bertz CT molecular complexity index is 435. The summed E-state index contributed by atoms with van der Waals surface area (Å²) in [6.45, 7) is 5.47. The highest BCUT2D eigenvalue weighted by atomic mass is 17.2. The lowest BCUT2D eigenvalue weighted by molar-refractivity contribution is -0.281. The SMILES string of the molecule is CCC(CC)OOC(=O)N(N)C(Cc1ccccc1)C(C)O. The molecule has 22 heavy (non-hydrogen) atoms. The van der Waals surface area contributed by atoms with E-state index in [4.69, 9.17) is 15.6 Å². The summed E-state index contributed by atoms with van der Waals surface area (Å²) in [4.78, 5) is 21.8. The largest absolute Gasteiger partial charge is 0.455 e. The van der Waals surface area contributed by atoms with Gasteiger partial charge in [-0.2, -0.15) is 4.89 Å². The summed E-state index contributed by atoms with van der Waals surface area (Å²) < 4.78 is 0. The molecular weight excluding hydrogens is 284 g/mol. The molecule has 0 aliphatic heterocycles. The number of hydrogen-bond donors (Lipinski definition) is 2. The second-order valence-electron chi connectivity index (χ2n) is 5.29. The molecule has 0 aliphatic rings. The Kier molecular flexibility index (Phi) is 7.87. The van der Waals surface area contributed by atoms with Crippen molar-refractivity contribution in [2.45, 2.75) is 58.3 Å². The fourth-order valence-corrected chi connectivity index (χ4v) is 2.07. The van der Waals surface area contributed by atoms with Crippen LogP contribution in [-0.2, 0) is 16.2 Å². The Morgan fingerprint density at radius 1 is 1.27 bits per heavy atom. The number of aliphatic hydroxyl groups excluding tert-OH is 1. The number of carbonyl (C=O) groups is 1. The van der Waals surface area contributed by atoms with Crippen LogP contribution in [-0.4, -0.2) is 34.5 Å². The van der Waals surface area contributed by atoms with Crippen LogP contribution in [0.3, 0.4) is 0 Å². The van der Waals surface area contributed by atoms with Crippen LogP contribution in [0.25, 0.3) is 0 Å². The van der Waals surface area contributed by atoms with Gasteiger partial charge in [-0.15, -0.1) is 0 Å². The van der Waals surface area contributed by atoms with Gasteiger partial charge in [-0.1, -0.05) is 44.2 Å². The average molecular weight is 310 g/mol. The van der Waals surface area contributed by atoms with Crippen LogP contribution in [0.15, 0.2) is 30.3 Å². The van der Waals surface area contributed by atoms with Gasteiger partial charge in [-0.25, -0.2) is 15.6 Å². The van der Waals surface area contributed by atoms with Crippen molar-refractivity contribution in [1.82, 2.24) is 5.01 Å². The minimum absolute atomic E-state index is 0.156. The van der Waals surface area contributed by atoms with Gasteiger partial charge in [0.2, 0.25) is 0 Å². The van der Waals surface area contributed by atoms with Crippen LogP contribution in [0.5, 0.6) is 0 Å². The van der Waals surface area contributed by atoms with Crippen molar-refractivity contribution in [3.8, 4) is 0 Å². The molecule has 0 bridgehead atoms. The van der Waals surface area contributed by atoms with Crippen LogP contribution >= 0.6 is 0 Å². The van der Waals surface area contributed by atoms with Crippen molar-refractivity contribution < 1.29 is 19.7 Å². The van der Waals surface area contributed by atoms with E-state index in [-0.39, 0.29) is 6.10 Å². The number of hydrogen-bond acceptors (Lipinski definition) is 5. The van der Waals surface area contributed by atoms with Crippen molar-refractivity contribution in [3.63, 3.8) is 0 Å². The molecular formula is C16H26N2O4. The molecule has 1 aromatic rings. The normalized spacial score (nSPS) is 13.7. The third-order valence-corrected chi connectivity index (χ3v) is 3.58. The van der Waals surface area contributed by atoms with E-state index in [1.165, 1.54) is 0 Å². The van der Waals surface area contributed by atoms with E-state index in [0.29, 0.717) is 6.42 Å². The molecule has 6 nitrogen and oxygen atoms in total. The summed E-state index contributed by atoms with van der Waals surface area (Å²) in [7, 11) is 0. The van der Waals surface area contributed by atoms with Crippen LogP contribution in [0.1, 0.15) is 39.2 Å². The lowest BCUT2D eigenvalue weighted by atomic mass is 10.0. The van der Waals surface area contributed by atoms with Gasteiger partial charge >= 0.3 is 6.09 Å². The molecule has 0 aromatic heterocycles. The Hall–Kier alpha value is -1.63. The minimum Gasteiger partial charge on any atom is -0.391 e. The van der Waals surface area contributed by atoms with Gasteiger partial charge < -0.3 is 5.11 Å². The first kappa shape index (κ1) is 18.4. The highest BCUT2D eigenvalue weighted by molar-refractivity contribution is 5.66. The molecule has 6 heteroatoms. The molecule has 0 radical (unpaired) electrons. The van der Waals surface area contributed by atoms with Gasteiger partial charge in [0.25, 0.3) is 0 Å². The van der Waals surface area contributed by atoms with Crippen LogP contribution in [0.2, 0.25) is 0 Å². The summed E-state index contributed by atoms with van der Waals surface area (Å²) >= 11 is 0. The molecule has 1 rings (SSSR count). The molecule has 124 valence electrons. The molecule has 0 fully saturated rings. The molecule has 0 saturated carbocycles. The quantitative estimate of drug-likeness (QED) is 0.333. The van der Waals surface area contributed by atoms with Crippen LogP contribution < -0.4 is 5.84 Å². The van der Waals surface area contributed by atoms with Crippen molar-refractivity contribution >= 4 is 6.09 Å². The lowest BCUT2D eigenvalue weighted by Gasteiger charge is -2.28. The fourth-order valence-electron chi connectivity index (χ4n) is 2.07. The van der Waals surface area contributed by atoms with Gasteiger partial charge in [-0.3, -0.25) is 4.89 Å². The summed E-state index contributed by atoms with van der Waals surface area (Å²) in [5.74, 6) is 5.80. The predicted octanol–water partition coefficient (Wildman–Crippen LogP) is 2.41. The smallest absolute Gasteiger partial charge is 0.391 e. The molecule has 0 heterocycles. The molecule has 0 saturated heterocycles. The van der Waals surface area contributed by atoms with Crippen LogP contribution in [0.4, 0.5) is 4.79 Å². The predicted molar refractivity (Wildman–Crippen MR) is 83.6 cm³/mol. The second-order valence-corrected chi connectivity index (χ2v) is 5.29. The van der Waals surface area contributed by atoms with Gasteiger partial charge in [0.1, 0.15) is 6.10 Å². The molecule has 3 N–H and O–H groups in total. The van der Waals surface area contributed by atoms with Crippen molar-refractivity contribution in [1.29, 1.82) is 0 Å². The maximum Gasteiger partial charge on any atom is 0.455 e. The van der Waals surface area contributed by atoms with Gasteiger partial charge in [-0.05, 0) is 31.7 Å². The topological polar surface area (TPSA) is 85.0 Å². The van der Waals surface area contributed by atoms with E-state index < -0.39 is 18.2 Å². The van der Waals surface area contributed by atoms with E-state index in [2.05, 4.69) is 0 Å². The molecule has 1 aromatic carbocycles. The first-order valence-electron chi connectivity index (χ1n) is 7.62. The Morgan fingerprint density at radius 3 is 2.36 bits per heavy atom. The maximum atomic E-state index is 12.0. The number of benzene rings is 1. The van der Waals surface area contributed by atoms with Crippen molar-refractivity contribution in [2.75, 3.05) is 0 Å². The Balaban J connectivity index is 2.64. The molecule has 2 atom stereocenters. The van der Waals surface area contributed by atoms with E-state index in [0.717, 1.165) is 23.4 Å². The van der Waals surface area contributed by atoms with E-state index in [1.54, 1.807) is 6.92 Å². The zero-order valence-electron chi connectivity index (χ0n) is 13.4. The summed E-state index contributed by atoms with van der Waals surface area (Å²) in [5, 5.41) is 10.8. The highest BCUT2D eigenvalue weighted by Crippen LogP contribution is 2.12. The number of hydrazine groups is 1. The summed E-state index contributed by atoms with van der Waals surface area (Å²) in [6.07, 6.45) is 0.127. The number of nitrogens with zero attached hydrogens (tertiary/aromatic N) is 1. The van der Waals surface area contributed by atoms with Crippen molar-refractivity contribution in [3.05, 3.63) is 35.9 Å². The first-order chi connectivity index (χ1) is 10.5. The Labute approximate surface area is 131 Å². The van der Waals surface area contributed by atoms with E-state index >= 15 is 0 Å². The zero-order chi connectivity index (χ0) is 16.5. The number of carbonyl (C=O) groups excluding carboxylic acids is 1. The second kappa shape index (κ2) is 9.40. The van der Waals surface area contributed by atoms with E-state index in [1.807, 2.05) is 44.2 Å². The van der Waals surface area contributed by atoms with Crippen LogP contribution in [0, 0.1) is 0 Å². The standard InChI is InChI=1S/C16H26N2O4/c1-4-14(5-2)21-22-16(20)18(17)15(12(3)19)11-13-9-7-6-8-10-13/h6-10,12,14-15,19H,4-5,11,17H2,1-3H3. The minimum atomic E-state index is -0.811. The van der Waals surface area contributed by atoms with E-state index in [9.17, 15) is 9.90 Å². The fraction of sp³-hybridized carbons (Fsp3) is 0.562. The summed E-state index contributed by atoms with van der Waals surface area (Å²) in [6, 6.07) is 8.91. The lowest BCUT2D eigenvalue weighted by Crippen LogP contribution is -2.52. The van der Waals surface area contributed by atoms with Gasteiger partial charge in [0.05, 0.1) is 12.1 Å². The Morgan fingerprint density at radius 2 is 1.86 bits per heavy atom. The number of rotatable bonds is 8. The highest BCUT2D eigenvalue weighted by Gasteiger charge is 2.27. The molecule has 1 amide bonds. The summed E-state index contributed by atoms with van der Waals surface area (Å²) in [5.41, 5.74) is 0.970. The first-order valence-corrected chi connectivity index (χ1v) is 7.62. The average Bonchev–Trinajstić information content (AvgIpc) is 2.53. The number of aliphatic hydroxyl groups is 1. The third-order valence-electron chi connectivity index (χ3n) is 3.58. The molecule has 0 spiro atoms. The van der Waals surface area contributed by atoms with Gasteiger partial charge in [0, 0.05) is 0 Å². The molecule has 0 aliphatic carbocycles.